The third kappa shape index (κ3) is 2.45. The van der Waals surface area contributed by atoms with Crippen molar-refractivity contribution in [2.24, 2.45) is 0 Å². The van der Waals surface area contributed by atoms with E-state index in [-0.39, 0.29) is 11.0 Å². The quantitative estimate of drug-likeness (QED) is 0.560. The largest absolute Gasteiger partial charge is 0.396 e. The first-order valence-electron chi connectivity index (χ1n) is 5.61. The number of para-hydroxylation sites is 1. The zero-order valence-corrected chi connectivity index (χ0v) is 10.9. The van der Waals surface area contributed by atoms with Crippen LogP contribution >= 0.6 is 0 Å². The van der Waals surface area contributed by atoms with Gasteiger partial charge in [-0.25, -0.2) is 14.4 Å². The zero-order valence-electron chi connectivity index (χ0n) is 10.9. The molecule has 0 atom stereocenters. The van der Waals surface area contributed by atoms with E-state index >= 15 is 0 Å². The molecule has 21 heavy (non-hydrogen) atoms. The van der Waals surface area contributed by atoms with Gasteiger partial charge in [-0.2, -0.15) is 0 Å². The van der Waals surface area contributed by atoms with E-state index in [2.05, 4.69) is 9.68 Å². The fraction of sp³-hybridized carbons (Fsp3) is 0.182. The molecule has 1 aromatic heterocycles. The fourth-order valence-corrected chi connectivity index (χ4v) is 1.75. The van der Waals surface area contributed by atoms with Crippen LogP contribution in [-0.4, -0.2) is 26.3 Å². The molecule has 0 amide bonds. The van der Waals surface area contributed by atoms with Crippen LogP contribution in [0.3, 0.4) is 0 Å². The Hall–Kier alpha value is -3.17. The first-order chi connectivity index (χ1) is 9.82. The van der Waals surface area contributed by atoms with Gasteiger partial charge in [0.2, 0.25) is 0 Å². The summed E-state index contributed by atoms with van der Waals surface area (Å²) in [5.41, 5.74) is -1.89. The summed E-state index contributed by atoms with van der Waals surface area (Å²) in [5, 5.41) is 11.0. The van der Waals surface area contributed by atoms with Gasteiger partial charge in [0, 0.05) is 19.9 Å². The third-order valence-electron chi connectivity index (χ3n) is 2.40. The average molecular weight is 295 g/mol. The topological polar surface area (TPSA) is 123 Å². The van der Waals surface area contributed by atoms with Crippen molar-refractivity contribution in [2.75, 3.05) is 0 Å². The Balaban J connectivity index is 2.88. The van der Waals surface area contributed by atoms with Gasteiger partial charge in [0.15, 0.2) is 5.52 Å². The predicted molar refractivity (Wildman–Crippen MR) is 67.4 cm³/mol. The number of nitro benzene ring substituents is 1. The van der Waals surface area contributed by atoms with E-state index in [9.17, 15) is 24.5 Å². The Labute approximate surface area is 116 Å². The van der Waals surface area contributed by atoms with E-state index in [0.29, 0.717) is 9.46 Å². The molecule has 0 N–H and O–H groups in total. The molecule has 0 saturated carbocycles. The second-order valence-electron chi connectivity index (χ2n) is 3.94. The van der Waals surface area contributed by atoms with Gasteiger partial charge in [0.25, 0.3) is 5.69 Å². The molecule has 10 heteroatoms. The number of benzene rings is 1. The molecular weight excluding hydrogens is 286 g/mol. The van der Waals surface area contributed by atoms with Gasteiger partial charge in [-0.15, -0.1) is 9.46 Å². The van der Waals surface area contributed by atoms with E-state index in [1.807, 2.05) is 0 Å². The number of hydrogen-bond donors (Lipinski definition) is 0. The van der Waals surface area contributed by atoms with E-state index in [1.165, 1.54) is 12.1 Å². The van der Waals surface area contributed by atoms with Crippen molar-refractivity contribution in [3.63, 3.8) is 0 Å². The van der Waals surface area contributed by atoms with Crippen LogP contribution in [0.4, 0.5) is 5.69 Å². The molecule has 0 aliphatic heterocycles. The maximum absolute atomic E-state index is 12.1. The van der Waals surface area contributed by atoms with Gasteiger partial charge >= 0.3 is 17.6 Å². The fourth-order valence-electron chi connectivity index (χ4n) is 1.75. The number of imidazole rings is 1. The van der Waals surface area contributed by atoms with Crippen LogP contribution < -0.4 is 15.4 Å². The predicted octanol–water partition coefficient (Wildman–Crippen LogP) is -0.339. The van der Waals surface area contributed by atoms with Gasteiger partial charge in [-0.1, -0.05) is 6.07 Å². The maximum atomic E-state index is 12.1. The summed E-state index contributed by atoms with van der Waals surface area (Å²) in [7, 11) is 0. The summed E-state index contributed by atoms with van der Waals surface area (Å²) in [6.45, 7) is 2.08. The number of nitrogens with zero attached hydrogens (tertiary/aromatic N) is 3. The minimum Gasteiger partial charge on any atom is -0.332 e. The molecule has 0 bridgehead atoms. The number of aromatic nitrogens is 2. The molecule has 2 rings (SSSR count). The molecule has 0 radical (unpaired) electrons. The summed E-state index contributed by atoms with van der Waals surface area (Å²) in [4.78, 5) is 53.8. The highest BCUT2D eigenvalue weighted by Crippen LogP contribution is 2.23. The third-order valence-corrected chi connectivity index (χ3v) is 2.40. The Morgan fingerprint density at radius 3 is 2.24 bits per heavy atom. The molecule has 110 valence electrons. The molecule has 0 fully saturated rings. The smallest absolute Gasteiger partial charge is 0.332 e. The molecule has 0 aliphatic rings. The lowest BCUT2D eigenvalue weighted by Gasteiger charge is -2.00. The molecule has 2 aromatic rings. The summed E-state index contributed by atoms with van der Waals surface area (Å²) < 4.78 is 0.937. The van der Waals surface area contributed by atoms with Crippen LogP contribution in [0.15, 0.2) is 23.0 Å². The van der Waals surface area contributed by atoms with Crippen LogP contribution in [0.2, 0.25) is 0 Å². The average Bonchev–Trinajstić information content (AvgIpc) is 2.63. The minimum atomic E-state index is -1.05. The normalized spacial score (nSPS) is 10.4. The number of nitro groups is 1. The molecule has 0 spiro atoms. The van der Waals surface area contributed by atoms with Crippen LogP contribution in [0, 0.1) is 10.1 Å². The van der Waals surface area contributed by atoms with Crippen LogP contribution in [0.5, 0.6) is 0 Å². The summed E-state index contributed by atoms with van der Waals surface area (Å²) in [6, 6.07) is 3.74. The first-order valence-corrected chi connectivity index (χ1v) is 5.61. The van der Waals surface area contributed by atoms with Crippen molar-refractivity contribution in [2.45, 2.75) is 13.8 Å². The van der Waals surface area contributed by atoms with Crippen molar-refractivity contribution in [3.8, 4) is 0 Å². The van der Waals surface area contributed by atoms with Crippen LogP contribution in [0.1, 0.15) is 13.8 Å². The lowest BCUT2D eigenvalue weighted by Crippen LogP contribution is -2.35. The molecule has 0 aliphatic carbocycles. The van der Waals surface area contributed by atoms with Crippen molar-refractivity contribution in [1.82, 2.24) is 9.46 Å². The van der Waals surface area contributed by atoms with Crippen molar-refractivity contribution in [3.05, 3.63) is 38.8 Å². The number of fused-ring (bicyclic) bond motifs is 1. The molecule has 0 saturated heterocycles. The molecule has 1 aromatic carbocycles. The highest BCUT2D eigenvalue weighted by molar-refractivity contribution is 5.86. The van der Waals surface area contributed by atoms with Gasteiger partial charge in [-0.05, 0) is 6.07 Å². The Morgan fingerprint density at radius 1 is 1.14 bits per heavy atom. The van der Waals surface area contributed by atoms with Crippen molar-refractivity contribution >= 4 is 28.7 Å². The van der Waals surface area contributed by atoms with Gasteiger partial charge in [0.1, 0.15) is 5.52 Å². The number of rotatable bonds is 3. The number of non-ortho nitro benzene ring substituents is 1. The van der Waals surface area contributed by atoms with E-state index in [0.717, 1.165) is 19.9 Å². The van der Waals surface area contributed by atoms with Gasteiger partial charge in [0.05, 0.1) is 4.92 Å². The lowest BCUT2D eigenvalue weighted by atomic mass is 10.3. The second kappa shape index (κ2) is 5.07. The van der Waals surface area contributed by atoms with Gasteiger partial charge < -0.3 is 9.68 Å². The SMILES string of the molecule is CC(=O)On1c(=O)n(OC(C)=O)c2c([N+](=O)[O-])cccc21. The van der Waals surface area contributed by atoms with E-state index in [1.54, 1.807) is 0 Å². The Kier molecular flexibility index (Phi) is 3.44. The molecule has 1 heterocycles. The van der Waals surface area contributed by atoms with Crippen molar-refractivity contribution < 1.29 is 24.2 Å². The maximum Gasteiger partial charge on any atom is 0.396 e. The van der Waals surface area contributed by atoms with Crippen LogP contribution in [0.25, 0.3) is 11.0 Å². The number of carbonyl (C=O) groups is 2. The summed E-state index contributed by atoms with van der Waals surface area (Å²) in [6.07, 6.45) is 0. The minimum absolute atomic E-state index is 0.0781. The number of carbonyl (C=O) groups excluding carboxylic acids is 2. The number of hydrogen-bond acceptors (Lipinski definition) is 7. The second-order valence-corrected chi connectivity index (χ2v) is 3.94. The standard InChI is InChI=1S/C11H9N3O7/c1-6(15)20-12-8-4-3-5-9(14(18)19)10(8)13(11(12)17)21-7(2)16/h3-5H,1-2H3. The molecular formula is C11H9N3O7. The molecule has 0 unspecified atom stereocenters. The van der Waals surface area contributed by atoms with Gasteiger partial charge in [-0.3, -0.25) is 10.1 Å². The zero-order chi connectivity index (χ0) is 15.7. The highest BCUT2D eigenvalue weighted by atomic mass is 16.7. The summed E-state index contributed by atoms with van der Waals surface area (Å²) >= 11 is 0. The summed E-state index contributed by atoms with van der Waals surface area (Å²) in [5.74, 6) is -1.68. The first kappa shape index (κ1) is 14.2. The Bertz CT molecular complexity index is 817. The Morgan fingerprint density at radius 2 is 1.71 bits per heavy atom. The lowest BCUT2D eigenvalue weighted by molar-refractivity contribution is -0.383. The highest BCUT2D eigenvalue weighted by Gasteiger charge is 2.25. The van der Waals surface area contributed by atoms with Crippen LogP contribution in [-0.2, 0) is 9.59 Å². The van der Waals surface area contributed by atoms with E-state index < -0.39 is 28.2 Å². The van der Waals surface area contributed by atoms with E-state index in [4.69, 9.17) is 0 Å². The van der Waals surface area contributed by atoms with Crippen molar-refractivity contribution in [1.29, 1.82) is 0 Å². The molecule has 10 nitrogen and oxygen atoms in total. The monoisotopic (exact) mass is 295 g/mol.